The molecule has 1 N–H and O–H groups in total. The van der Waals surface area contributed by atoms with Crippen molar-refractivity contribution in [2.75, 3.05) is 45.7 Å². The number of ether oxygens (including phenoxy) is 3. The van der Waals surface area contributed by atoms with Gasteiger partial charge in [-0.1, -0.05) is 18.2 Å². The molecule has 0 spiro atoms. The van der Waals surface area contributed by atoms with Crippen LogP contribution in [0.5, 0.6) is 23.0 Å². The first kappa shape index (κ1) is 34.8. The van der Waals surface area contributed by atoms with Crippen molar-refractivity contribution in [3.8, 4) is 34.1 Å². The van der Waals surface area contributed by atoms with Crippen molar-refractivity contribution >= 4 is 33.1 Å². The number of hydrogen-bond acceptors (Lipinski definition) is 7. The van der Waals surface area contributed by atoms with Gasteiger partial charge in [0.1, 0.15) is 15.7 Å². The number of thiophene rings is 1. The molecule has 9 nitrogen and oxygen atoms in total. The van der Waals surface area contributed by atoms with E-state index in [0.717, 1.165) is 20.5 Å². The number of carbonyl (C=O) groups excluding carboxylic acids is 1. The number of hydrogen-bond donors (Lipinski definition) is 1. The van der Waals surface area contributed by atoms with Gasteiger partial charge in [0.05, 0.1) is 25.3 Å². The Labute approximate surface area is 275 Å². The lowest BCUT2D eigenvalue weighted by atomic mass is 10.1. The van der Waals surface area contributed by atoms with Crippen LogP contribution >= 0.6 is 11.3 Å². The lowest BCUT2D eigenvalue weighted by Crippen LogP contribution is -2.51. The maximum atomic E-state index is 13.8. The lowest BCUT2D eigenvalue weighted by molar-refractivity contribution is -0.143. The minimum Gasteiger partial charge on any atom is -0.493 e. The normalized spacial score (nSPS) is 14.5. The largest absolute Gasteiger partial charge is 0.493 e. The van der Waals surface area contributed by atoms with Gasteiger partial charge in [-0.3, -0.25) is 0 Å². The van der Waals surface area contributed by atoms with Crippen molar-refractivity contribution in [2.45, 2.75) is 16.6 Å². The number of methoxy groups -OCH3 is 2. The second-order valence-electron chi connectivity index (χ2n) is 10.4. The van der Waals surface area contributed by atoms with Crippen molar-refractivity contribution in [1.82, 2.24) is 9.21 Å². The zero-order chi connectivity index (χ0) is 34.9. The Hall–Kier alpha value is -4.48. The summed E-state index contributed by atoms with van der Waals surface area (Å²) >= 11 is 0.988. The number of benzene rings is 3. The summed E-state index contributed by atoms with van der Waals surface area (Å²) in [4.78, 5) is 13.9. The average molecular weight is 716 g/mol. The fourth-order valence-electron chi connectivity index (χ4n) is 4.96. The van der Waals surface area contributed by atoms with E-state index in [1.165, 1.54) is 14.2 Å². The summed E-state index contributed by atoms with van der Waals surface area (Å²) in [5.74, 6) is 1.70. The fraction of sp³-hybridized carbons (Fsp3) is 0.258. The van der Waals surface area contributed by atoms with Gasteiger partial charge >= 0.3 is 18.4 Å². The highest BCUT2D eigenvalue weighted by atomic mass is 32.2. The van der Waals surface area contributed by atoms with E-state index in [-0.39, 0.29) is 36.5 Å². The number of alkyl halides is 6. The molecule has 1 aliphatic rings. The monoisotopic (exact) mass is 715 g/mol. The third-order valence-corrected chi connectivity index (χ3v) is 10.7. The highest BCUT2D eigenvalue weighted by molar-refractivity contribution is 7.91. The molecule has 1 aromatic heterocycles. The zero-order valence-corrected chi connectivity index (χ0v) is 26.8. The van der Waals surface area contributed by atoms with Gasteiger partial charge in [-0.25, -0.2) is 13.2 Å². The van der Waals surface area contributed by atoms with Gasteiger partial charge in [-0.2, -0.15) is 30.6 Å². The molecule has 2 heterocycles. The van der Waals surface area contributed by atoms with Crippen LogP contribution in [-0.4, -0.2) is 64.1 Å². The molecule has 17 heteroatoms. The third-order valence-electron chi connectivity index (χ3n) is 7.33. The van der Waals surface area contributed by atoms with E-state index in [1.54, 1.807) is 53.9 Å². The number of urea groups is 1. The number of piperazine rings is 1. The maximum Gasteiger partial charge on any atom is 0.416 e. The number of nitrogens with zero attached hydrogens (tertiary/aromatic N) is 2. The molecule has 4 aromatic rings. The van der Waals surface area contributed by atoms with Crippen molar-refractivity contribution in [3.05, 3.63) is 83.2 Å². The number of para-hydroxylation sites is 1. The van der Waals surface area contributed by atoms with Crippen LogP contribution in [0.15, 0.2) is 76.3 Å². The van der Waals surface area contributed by atoms with E-state index < -0.39 is 45.2 Å². The molecule has 5 rings (SSSR count). The Balaban J connectivity index is 1.31. The fourth-order valence-corrected chi connectivity index (χ4v) is 7.89. The summed E-state index contributed by atoms with van der Waals surface area (Å²) in [5.41, 5.74) is -2.99. The van der Waals surface area contributed by atoms with Gasteiger partial charge in [0.15, 0.2) is 11.5 Å². The minimum absolute atomic E-state index is 0.0207. The summed E-state index contributed by atoms with van der Waals surface area (Å²) in [6, 6.07) is 13.2. The van der Waals surface area contributed by atoms with Crippen molar-refractivity contribution < 1.29 is 53.8 Å². The Morgan fingerprint density at radius 1 is 0.771 bits per heavy atom. The predicted molar refractivity (Wildman–Crippen MR) is 165 cm³/mol. The maximum absolute atomic E-state index is 13.8. The molecule has 48 heavy (non-hydrogen) atoms. The van der Waals surface area contributed by atoms with Crippen LogP contribution < -0.4 is 19.5 Å². The molecular formula is C31H27F6N3O6S2. The highest BCUT2D eigenvalue weighted by Gasteiger charge is 2.38. The quantitative estimate of drug-likeness (QED) is 0.187. The van der Waals surface area contributed by atoms with Gasteiger partial charge in [-0.05, 0) is 47.8 Å². The second-order valence-corrected chi connectivity index (χ2v) is 13.4. The Kier molecular flexibility index (Phi) is 9.84. The summed E-state index contributed by atoms with van der Waals surface area (Å²) in [7, 11) is -1.13. The molecule has 1 saturated heterocycles. The van der Waals surface area contributed by atoms with E-state index >= 15 is 0 Å². The number of anilines is 1. The smallest absolute Gasteiger partial charge is 0.416 e. The van der Waals surface area contributed by atoms with Crippen LogP contribution in [0.2, 0.25) is 0 Å². The summed E-state index contributed by atoms with van der Waals surface area (Å²) < 4.78 is 125. The predicted octanol–water partition coefficient (Wildman–Crippen LogP) is 7.80. The molecule has 0 atom stereocenters. The Bertz CT molecular complexity index is 1870. The summed E-state index contributed by atoms with van der Waals surface area (Å²) in [5, 5.41) is 3.69. The Morgan fingerprint density at radius 2 is 1.40 bits per heavy atom. The second kappa shape index (κ2) is 13.6. The third kappa shape index (κ3) is 7.47. The summed E-state index contributed by atoms with van der Waals surface area (Å²) in [6.07, 6.45) is -10.2. The van der Waals surface area contributed by atoms with Crippen LogP contribution in [0.4, 0.5) is 36.8 Å². The molecule has 256 valence electrons. The van der Waals surface area contributed by atoms with Crippen molar-refractivity contribution in [2.24, 2.45) is 0 Å². The van der Waals surface area contributed by atoms with E-state index in [0.29, 0.717) is 46.3 Å². The number of halogens is 6. The first-order valence-corrected chi connectivity index (χ1v) is 16.4. The average Bonchev–Trinajstić information content (AvgIpc) is 3.55. The van der Waals surface area contributed by atoms with E-state index in [4.69, 9.17) is 14.2 Å². The highest BCUT2D eigenvalue weighted by Crippen LogP contribution is 2.42. The van der Waals surface area contributed by atoms with Crippen LogP contribution in [-0.2, 0) is 22.4 Å². The number of rotatable bonds is 8. The molecule has 0 bridgehead atoms. The Morgan fingerprint density at radius 3 is 2.00 bits per heavy atom. The topological polar surface area (TPSA) is 97.4 Å². The van der Waals surface area contributed by atoms with E-state index in [2.05, 4.69) is 5.32 Å². The first-order valence-electron chi connectivity index (χ1n) is 14.0. The lowest BCUT2D eigenvalue weighted by Gasteiger charge is -2.34. The molecular weight excluding hydrogens is 688 g/mol. The van der Waals surface area contributed by atoms with Gasteiger partial charge in [0.25, 0.3) is 10.0 Å². The zero-order valence-electron chi connectivity index (χ0n) is 25.2. The first-order chi connectivity index (χ1) is 22.6. The SMILES string of the molecule is COc1ccc(Oc2ccccc2-c2ccsc2S(=O)(=O)N2CCN(C(=O)Nc3cc(C(F)(F)F)cc(C(F)(F)F)c3)CC2)cc1OC. The molecule has 0 unspecified atom stereocenters. The van der Waals surface area contributed by atoms with Gasteiger partial charge in [0, 0.05) is 49.1 Å². The number of sulfonamides is 1. The minimum atomic E-state index is -5.09. The van der Waals surface area contributed by atoms with Gasteiger partial charge in [0.2, 0.25) is 0 Å². The number of carbonyl (C=O) groups is 1. The summed E-state index contributed by atoms with van der Waals surface area (Å²) in [6.45, 7) is -0.688. The molecule has 1 aliphatic heterocycles. The van der Waals surface area contributed by atoms with Gasteiger partial charge in [-0.15, -0.1) is 11.3 Å². The standard InChI is InChI=1S/C31H27F6N3O6S2/c1-44-26-8-7-22(18-27(26)45-2)46-25-6-4-3-5-23(25)24-9-14-47-28(24)48(42,43)40-12-10-39(11-13-40)29(41)38-21-16-19(30(32,33)34)15-20(17-21)31(35,36)37/h3-9,14-18H,10-13H2,1-2H3,(H,38,41). The van der Waals surface area contributed by atoms with E-state index in [9.17, 15) is 39.6 Å². The van der Waals surface area contributed by atoms with E-state index in [1.807, 2.05) is 0 Å². The molecule has 1 fully saturated rings. The van der Waals surface area contributed by atoms with Crippen LogP contribution in [0, 0.1) is 0 Å². The molecule has 2 amide bonds. The van der Waals surface area contributed by atoms with Gasteiger partial charge < -0.3 is 24.4 Å². The number of amides is 2. The van der Waals surface area contributed by atoms with Crippen molar-refractivity contribution in [1.29, 1.82) is 0 Å². The van der Waals surface area contributed by atoms with Crippen LogP contribution in [0.3, 0.4) is 0 Å². The van der Waals surface area contributed by atoms with Crippen molar-refractivity contribution in [3.63, 3.8) is 0 Å². The molecule has 3 aromatic carbocycles. The number of nitrogens with one attached hydrogen (secondary N) is 1. The van der Waals surface area contributed by atoms with Crippen LogP contribution in [0.25, 0.3) is 11.1 Å². The molecule has 0 saturated carbocycles. The van der Waals surface area contributed by atoms with Crippen LogP contribution in [0.1, 0.15) is 11.1 Å². The molecule has 0 radical (unpaired) electrons. The molecule has 0 aliphatic carbocycles.